The predicted octanol–water partition coefficient (Wildman–Crippen LogP) is 4.72. The summed E-state index contributed by atoms with van der Waals surface area (Å²) in [5.41, 5.74) is -0.532. The Labute approximate surface area is 184 Å². The summed E-state index contributed by atoms with van der Waals surface area (Å²) in [4.78, 5) is 14.7. The number of amides is 2. The van der Waals surface area contributed by atoms with Gasteiger partial charge in [-0.2, -0.15) is 13.2 Å². The van der Waals surface area contributed by atoms with Crippen LogP contribution in [-0.2, 0) is 16.0 Å². The van der Waals surface area contributed by atoms with Gasteiger partial charge in [-0.15, -0.1) is 0 Å². The number of nitrogens with one attached hydrogen (secondary N) is 1. The van der Waals surface area contributed by atoms with Gasteiger partial charge in [0.2, 0.25) is 0 Å². The lowest BCUT2D eigenvalue weighted by Gasteiger charge is -2.38. The van der Waals surface area contributed by atoms with Crippen molar-refractivity contribution in [3.63, 3.8) is 0 Å². The van der Waals surface area contributed by atoms with Crippen molar-refractivity contribution in [1.29, 1.82) is 0 Å². The molecule has 2 atom stereocenters. The first-order valence-electron chi connectivity index (χ1n) is 10.2. The summed E-state index contributed by atoms with van der Waals surface area (Å²) in [6.45, 7) is 0. The molecule has 2 saturated heterocycles. The molecule has 0 saturated carbocycles. The molecule has 0 spiro atoms. The van der Waals surface area contributed by atoms with Crippen molar-refractivity contribution in [2.45, 2.75) is 54.1 Å². The Morgan fingerprint density at radius 1 is 1.00 bits per heavy atom. The third kappa shape index (κ3) is 4.28. The molecule has 172 valence electrons. The second-order valence-electron chi connectivity index (χ2n) is 8.11. The van der Waals surface area contributed by atoms with Gasteiger partial charge < -0.3 is 15.0 Å². The summed E-state index contributed by atoms with van der Waals surface area (Å²) < 4.78 is 69.5. The normalized spacial score (nSPS) is 23.1. The molecule has 2 bridgehead atoms. The fraction of sp³-hybridized carbons (Fsp3) is 0.409. The van der Waals surface area contributed by atoms with E-state index in [1.54, 1.807) is 17.0 Å². The van der Waals surface area contributed by atoms with Crippen molar-refractivity contribution >= 4 is 21.6 Å². The van der Waals surface area contributed by atoms with Crippen LogP contribution in [0.4, 0.5) is 23.7 Å². The summed E-state index contributed by atoms with van der Waals surface area (Å²) in [6, 6.07) is 9.63. The van der Waals surface area contributed by atoms with Crippen LogP contribution in [0.3, 0.4) is 0 Å². The van der Waals surface area contributed by atoms with Gasteiger partial charge in [-0.3, -0.25) is 0 Å². The summed E-state index contributed by atoms with van der Waals surface area (Å²) in [6.07, 6.45) is -2.41. The molecule has 1 N–H and O–H groups in total. The first-order chi connectivity index (χ1) is 15.1. The second kappa shape index (κ2) is 8.31. The largest absolute Gasteiger partial charge is 0.497 e. The molecule has 2 aliphatic rings. The third-order valence-electron chi connectivity index (χ3n) is 6.21. The van der Waals surface area contributed by atoms with Crippen molar-refractivity contribution in [2.24, 2.45) is 0 Å². The minimum absolute atomic E-state index is 0.227. The lowest BCUT2D eigenvalue weighted by atomic mass is 10.0. The average Bonchev–Trinajstić information content (AvgIpc) is 3.03. The van der Waals surface area contributed by atoms with Gasteiger partial charge in [0.25, 0.3) is 0 Å². The Morgan fingerprint density at radius 3 is 2.06 bits per heavy atom. The number of carbonyl (C=O) groups is 1. The lowest BCUT2D eigenvalue weighted by Crippen LogP contribution is -2.51. The number of benzene rings is 2. The summed E-state index contributed by atoms with van der Waals surface area (Å²) >= 11 is 0. The number of halogens is 3. The molecule has 2 amide bonds. The van der Waals surface area contributed by atoms with Crippen LogP contribution in [0.1, 0.15) is 31.2 Å². The van der Waals surface area contributed by atoms with Crippen LogP contribution in [0.5, 0.6) is 5.75 Å². The van der Waals surface area contributed by atoms with E-state index in [1.807, 2.05) is 0 Å². The monoisotopic (exact) mass is 468 g/mol. The molecule has 2 unspecified atom stereocenters. The van der Waals surface area contributed by atoms with Crippen molar-refractivity contribution < 1.29 is 31.1 Å². The average molecular weight is 468 g/mol. The number of urea groups is 1. The van der Waals surface area contributed by atoms with Crippen molar-refractivity contribution in [1.82, 2.24) is 4.90 Å². The smallest absolute Gasteiger partial charge is 0.416 e. The van der Waals surface area contributed by atoms with Gasteiger partial charge in [-0.1, -0.05) is 0 Å². The molecular formula is C22H23F3N2O4S. The van der Waals surface area contributed by atoms with Crippen molar-refractivity contribution in [2.75, 3.05) is 12.4 Å². The number of fused-ring (bicyclic) bond motifs is 2. The number of methoxy groups -OCH3 is 1. The number of alkyl halides is 3. The first kappa shape index (κ1) is 22.4. The Hall–Kier alpha value is -2.75. The highest BCUT2D eigenvalue weighted by molar-refractivity contribution is 7.92. The number of hydrogen-bond acceptors (Lipinski definition) is 4. The molecular weight excluding hydrogens is 445 g/mol. The highest BCUT2D eigenvalue weighted by atomic mass is 32.2. The number of piperidine rings is 1. The molecule has 0 radical (unpaired) electrons. The first-order valence-corrected chi connectivity index (χ1v) is 11.8. The number of rotatable bonds is 4. The quantitative estimate of drug-likeness (QED) is 0.705. The van der Waals surface area contributed by atoms with Gasteiger partial charge in [0.15, 0.2) is 9.84 Å². The van der Waals surface area contributed by atoms with Crippen LogP contribution in [0.15, 0.2) is 53.4 Å². The zero-order valence-electron chi connectivity index (χ0n) is 17.3. The topological polar surface area (TPSA) is 75.7 Å². The Morgan fingerprint density at radius 2 is 1.56 bits per heavy atom. The van der Waals surface area contributed by atoms with Gasteiger partial charge in [0.05, 0.1) is 22.8 Å². The van der Waals surface area contributed by atoms with Gasteiger partial charge in [0.1, 0.15) is 5.75 Å². The van der Waals surface area contributed by atoms with Crippen molar-refractivity contribution in [3.8, 4) is 5.75 Å². The van der Waals surface area contributed by atoms with E-state index in [4.69, 9.17) is 4.74 Å². The van der Waals surface area contributed by atoms with Gasteiger partial charge in [0, 0.05) is 17.8 Å². The minimum Gasteiger partial charge on any atom is -0.497 e. The van der Waals surface area contributed by atoms with Crippen LogP contribution < -0.4 is 10.1 Å². The van der Waals surface area contributed by atoms with Crippen LogP contribution in [0.2, 0.25) is 0 Å². The molecule has 0 aliphatic carbocycles. The lowest BCUT2D eigenvalue weighted by molar-refractivity contribution is -0.137. The van der Waals surface area contributed by atoms with Crippen LogP contribution in [0.25, 0.3) is 0 Å². The zero-order valence-corrected chi connectivity index (χ0v) is 18.1. The SMILES string of the molecule is COc1ccc(S(=O)(=O)C2CC3CCC(C2)N3C(=O)Nc2ccc(C(F)(F)F)cc2)cc1. The number of carbonyl (C=O) groups excluding carboxylic acids is 1. The molecule has 2 fully saturated rings. The van der Waals surface area contributed by atoms with E-state index in [0.29, 0.717) is 31.4 Å². The van der Waals surface area contributed by atoms with Gasteiger partial charge in [-0.25, -0.2) is 13.2 Å². The van der Waals surface area contributed by atoms with Crippen LogP contribution >= 0.6 is 0 Å². The number of nitrogens with zero attached hydrogens (tertiary/aromatic N) is 1. The minimum atomic E-state index is -4.45. The van der Waals surface area contributed by atoms with E-state index < -0.39 is 32.9 Å². The fourth-order valence-electron chi connectivity index (χ4n) is 4.60. The second-order valence-corrected chi connectivity index (χ2v) is 10.3. The number of hydrogen-bond donors (Lipinski definition) is 1. The highest BCUT2D eigenvalue weighted by Crippen LogP contribution is 2.40. The third-order valence-corrected chi connectivity index (χ3v) is 8.41. The summed E-state index contributed by atoms with van der Waals surface area (Å²) in [5.74, 6) is 0.568. The predicted molar refractivity (Wildman–Crippen MR) is 112 cm³/mol. The number of anilines is 1. The van der Waals surface area contributed by atoms with Crippen molar-refractivity contribution in [3.05, 3.63) is 54.1 Å². The highest BCUT2D eigenvalue weighted by Gasteiger charge is 2.47. The molecule has 2 aliphatic heterocycles. The van der Waals surface area contributed by atoms with E-state index in [2.05, 4.69) is 5.32 Å². The van der Waals surface area contributed by atoms with Crippen LogP contribution in [-0.4, -0.2) is 43.8 Å². The van der Waals surface area contributed by atoms with E-state index in [0.717, 1.165) is 12.1 Å². The maximum atomic E-state index is 13.1. The molecule has 6 nitrogen and oxygen atoms in total. The van der Waals surface area contributed by atoms with E-state index in [-0.39, 0.29) is 22.7 Å². The maximum Gasteiger partial charge on any atom is 0.416 e. The van der Waals surface area contributed by atoms with Crippen LogP contribution in [0, 0.1) is 0 Å². The zero-order chi connectivity index (χ0) is 23.1. The number of ether oxygens (including phenoxy) is 1. The molecule has 2 heterocycles. The molecule has 10 heteroatoms. The number of sulfone groups is 1. The fourth-order valence-corrected chi connectivity index (χ4v) is 6.45. The molecule has 32 heavy (non-hydrogen) atoms. The summed E-state index contributed by atoms with van der Waals surface area (Å²) in [7, 11) is -2.05. The van der Waals surface area contributed by atoms with Gasteiger partial charge in [-0.05, 0) is 74.2 Å². The Kier molecular flexibility index (Phi) is 5.83. The molecule has 2 aromatic rings. The van der Waals surface area contributed by atoms with Gasteiger partial charge >= 0.3 is 12.2 Å². The van der Waals surface area contributed by atoms with E-state index in [9.17, 15) is 26.4 Å². The Balaban J connectivity index is 1.45. The van der Waals surface area contributed by atoms with E-state index >= 15 is 0 Å². The molecule has 4 rings (SSSR count). The maximum absolute atomic E-state index is 13.1. The summed E-state index contributed by atoms with van der Waals surface area (Å²) in [5, 5.41) is 2.05. The molecule has 0 aromatic heterocycles. The standard InChI is InChI=1S/C22H23F3N2O4S/c1-31-18-8-10-19(11-9-18)32(29,30)20-12-16-6-7-17(13-20)27(16)21(28)26-15-4-2-14(3-5-15)22(23,24)25/h2-5,8-11,16-17,20H,6-7,12-13H2,1H3,(H,26,28). The Bertz CT molecular complexity index is 1070. The van der Waals surface area contributed by atoms with E-state index in [1.165, 1.54) is 31.4 Å². The molecule has 2 aromatic carbocycles.